The molecule has 1 aromatic rings. The topological polar surface area (TPSA) is 52.9 Å². The van der Waals surface area contributed by atoms with E-state index < -0.39 is 0 Å². The maximum Gasteiger partial charge on any atom is 0.224 e. The van der Waals surface area contributed by atoms with Crippen LogP contribution in [0.15, 0.2) is 24.3 Å². The van der Waals surface area contributed by atoms with Crippen LogP contribution >= 0.6 is 0 Å². The van der Waals surface area contributed by atoms with Crippen LogP contribution in [-0.2, 0) is 11.2 Å². The summed E-state index contributed by atoms with van der Waals surface area (Å²) in [6, 6.07) is 9.68. The van der Waals surface area contributed by atoms with Crippen LogP contribution in [0.4, 0.5) is 5.69 Å². The standard InChI is InChI=1S/C17H20N2O/c18-8-7-12-2-5-16(6-3-12)19-17(20)11-15-10-13-1-4-14(15)9-13/h2-3,5-6,13-15H,1,4,7,9-11H2,(H,19,20)/t13-,14+,15-/m0/s1. The van der Waals surface area contributed by atoms with Crippen molar-refractivity contribution >= 4 is 11.6 Å². The van der Waals surface area contributed by atoms with Crippen LogP contribution in [0.2, 0.25) is 0 Å². The first-order valence-corrected chi connectivity index (χ1v) is 7.50. The minimum Gasteiger partial charge on any atom is -0.326 e. The van der Waals surface area contributed by atoms with E-state index in [1.165, 1.54) is 25.7 Å². The van der Waals surface area contributed by atoms with E-state index in [9.17, 15) is 4.79 Å². The lowest BCUT2D eigenvalue weighted by Gasteiger charge is -2.20. The summed E-state index contributed by atoms with van der Waals surface area (Å²) in [5, 5.41) is 11.6. The number of hydrogen-bond donors (Lipinski definition) is 1. The molecule has 20 heavy (non-hydrogen) atoms. The predicted molar refractivity (Wildman–Crippen MR) is 77.9 cm³/mol. The van der Waals surface area contributed by atoms with Crippen LogP contribution < -0.4 is 5.32 Å². The fourth-order valence-corrected chi connectivity index (χ4v) is 3.87. The number of hydrogen-bond acceptors (Lipinski definition) is 2. The van der Waals surface area contributed by atoms with Gasteiger partial charge < -0.3 is 5.32 Å². The summed E-state index contributed by atoms with van der Waals surface area (Å²) in [6.07, 6.45) is 6.38. The molecule has 1 aromatic carbocycles. The minimum atomic E-state index is 0.135. The van der Waals surface area contributed by atoms with Gasteiger partial charge in [0.25, 0.3) is 0 Å². The first-order valence-electron chi connectivity index (χ1n) is 7.50. The number of fused-ring (bicyclic) bond motifs is 2. The molecule has 2 fully saturated rings. The molecule has 1 amide bonds. The van der Waals surface area contributed by atoms with Crippen molar-refractivity contribution in [1.82, 2.24) is 0 Å². The van der Waals surface area contributed by atoms with Gasteiger partial charge in [-0.3, -0.25) is 4.79 Å². The summed E-state index contributed by atoms with van der Waals surface area (Å²) in [5.41, 5.74) is 1.82. The van der Waals surface area contributed by atoms with Gasteiger partial charge in [0, 0.05) is 12.1 Å². The lowest BCUT2D eigenvalue weighted by Crippen LogP contribution is -2.20. The molecule has 104 valence electrons. The van der Waals surface area contributed by atoms with Crippen molar-refractivity contribution in [2.75, 3.05) is 5.32 Å². The molecule has 3 rings (SSSR count). The van der Waals surface area contributed by atoms with Gasteiger partial charge in [-0.25, -0.2) is 0 Å². The molecule has 0 aromatic heterocycles. The molecule has 0 radical (unpaired) electrons. The second-order valence-electron chi connectivity index (χ2n) is 6.22. The number of benzene rings is 1. The van der Waals surface area contributed by atoms with Gasteiger partial charge in [-0.1, -0.05) is 18.6 Å². The molecule has 3 atom stereocenters. The fraction of sp³-hybridized carbons (Fsp3) is 0.529. The molecule has 0 heterocycles. The van der Waals surface area contributed by atoms with Crippen molar-refractivity contribution in [1.29, 1.82) is 5.26 Å². The average molecular weight is 268 g/mol. The number of anilines is 1. The van der Waals surface area contributed by atoms with E-state index in [-0.39, 0.29) is 5.91 Å². The summed E-state index contributed by atoms with van der Waals surface area (Å²) in [6.45, 7) is 0. The third-order valence-corrected chi connectivity index (χ3v) is 4.85. The van der Waals surface area contributed by atoms with Crippen molar-refractivity contribution in [3.05, 3.63) is 29.8 Å². The Morgan fingerprint density at radius 2 is 2.05 bits per heavy atom. The zero-order valence-electron chi connectivity index (χ0n) is 11.6. The van der Waals surface area contributed by atoms with E-state index in [1.54, 1.807) is 0 Å². The van der Waals surface area contributed by atoms with Crippen LogP contribution in [0.3, 0.4) is 0 Å². The quantitative estimate of drug-likeness (QED) is 0.908. The number of carbonyl (C=O) groups excluding carboxylic acids is 1. The van der Waals surface area contributed by atoms with E-state index >= 15 is 0 Å². The average Bonchev–Trinajstić information content (AvgIpc) is 3.03. The van der Waals surface area contributed by atoms with Gasteiger partial charge in [-0.15, -0.1) is 0 Å². The van der Waals surface area contributed by atoms with Gasteiger partial charge in [0.1, 0.15) is 0 Å². The summed E-state index contributed by atoms with van der Waals surface area (Å²) >= 11 is 0. The zero-order valence-corrected chi connectivity index (χ0v) is 11.6. The fourth-order valence-electron chi connectivity index (χ4n) is 3.87. The Kier molecular flexibility index (Phi) is 3.73. The van der Waals surface area contributed by atoms with Crippen LogP contribution in [0.25, 0.3) is 0 Å². The third kappa shape index (κ3) is 2.85. The Balaban J connectivity index is 1.52. The normalized spacial score (nSPS) is 27.2. The smallest absolute Gasteiger partial charge is 0.224 e. The van der Waals surface area contributed by atoms with E-state index in [0.717, 1.165) is 23.1 Å². The molecule has 3 heteroatoms. The largest absolute Gasteiger partial charge is 0.326 e. The van der Waals surface area contributed by atoms with Crippen molar-refractivity contribution in [2.24, 2.45) is 17.8 Å². The summed E-state index contributed by atoms with van der Waals surface area (Å²) < 4.78 is 0. The Bertz CT molecular complexity index is 529. The Labute approximate surface area is 120 Å². The van der Waals surface area contributed by atoms with Crippen molar-refractivity contribution in [2.45, 2.75) is 38.5 Å². The first-order chi connectivity index (χ1) is 9.74. The zero-order chi connectivity index (χ0) is 13.9. The molecule has 3 nitrogen and oxygen atoms in total. The van der Waals surface area contributed by atoms with Crippen LogP contribution in [0.5, 0.6) is 0 Å². The van der Waals surface area contributed by atoms with Gasteiger partial charge >= 0.3 is 0 Å². The van der Waals surface area contributed by atoms with Crippen molar-refractivity contribution in [3.8, 4) is 6.07 Å². The van der Waals surface area contributed by atoms with Crippen LogP contribution in [0.1, 0.15) is 37.7 Å². The highest BCUT2D eigenvalue weighted by Crippen LogP contribution is 2.49. The number of amides is 1. The van der Waals surface area contributed by atoms with E-state index in [4.69, 9.17) is 5.26 Å². The summed E-state index contributed by atoms with van der Waals surface area (Å²) in [7, 11) is 0. The van der Waals surface area contributed by atoms with E-state index in [2.05, 4.69) is 11.4 Å². The van der Waals surface area contributed by atoms with E-state index in [1.807, 2.05) is 24.3 Å². The number of nitriles is 1. The molecule has 0 aliphatic heterocycles. The SMILES string of the molecule is N#CCc1ccc(NC(=O)C[C@@H]2C[C@H]3CC[C@@H]2C3)cc1. The molecule has 2 aliphatic rings. The highest BCUT2D eigenvalue weighted by atomic mass is 16.1. The molecule has 1 N–H and O–H groups in total. The second kappa shape index (κ2) is 5.66. The number of carbonyl (C=O) groups is 1. The molecule has 0 spiro atoms. The predicted octanol–water partition coefficient (Wildman–Crippen LogP) is 3.52. The molecule has 2 aliphatic carbocycles. The Hall–Kier alpha value is -1.82. The van der Waals surface area contributed by atoms with E-state index in [0.29, 0.717) is 18.8 Å². The van der Waals surface area contributed by atoms with Crippen LogP contribution in [-0.4, -0.2) is 5.91 Å². The maximum absolute atomic E-state index is 12.1. The Morgan fingerprint density at radius 1 is 1.25 bits per heavy atom. The molecule has 0 unspecified atom stereocenters. The molecule has 0 saturated heterocycles. The van der Waals surface area contributed by atoms with Gasteiger partial charge in [-0.2, -0.15) is 5.26 Å². The highest BCUT2D eigenvalue weighted by Gasteiger charge is 2.40. The minimum absolute atomic E-state index is 0.135. The summed E-state index contributed by atoms with van der Waals surface area (Å²) in [4.78, 5) is 12.1. The number of nitrogens with zero attached hydrogens (tertiary/aromatic N) is 1. The lowest BCUT2D eigenvalue weighted by atomic mass is 9.86. The monoisotopic (exact) mass is 268 g/mol. The van der Waals surface area contributed by atoms with Gasteiger partial charge in [-0.05, 0) is 54.7 Å². The molecule has 2 bridgehead atoms. The maximum atomic E-state index is 12.1. The van der Waals surface area contributed by atoms with Crippen LogP contribution in [0, 0.1) is 29.1 Å². The van der Waals surface area contributed by atoms with Gasteiger partial charge in [0.15, 0.2) is 0 Å². The van der Waals surface area contributed by atoms with Crippen molar-refractivity contribution in [3.63, 3.8) is 0 Å². The lowest BCUT2D eigenvalue weighted by molar-refractivity contribution is -0.117. The van der Waals surface area contributed by atoms with Crippen molar-refractivity contribution < 1.29 is 4.79 Å². The molecular formula is C17H20N2O. The summed E-state index contributed by atoms with van der Waals surface area (Å²) in [5.74, 6) is 2.43. The van der Waals surface area contributed by atoms with Gasteiger partial charge in [0.2, 0.25) is 5.91 Å². The second-order valence-corrected chi connectivity index (χ2v) is 6.22. The number of rotatable bonds is 4. The van der Waals surface area contributed by atoms with Gasteiger partial charge in [0.05, 0.1) is 12.5 Å². The molecule has 2 saturated carbocycles. The third-order valence-electron chi connectivity index (χ3n) is 4.85. The Morgan fingerprint density at radius 3 is 2.65 bits per heavy atom. The highest BCUT2D eigenvalue weighted by molar-refractivity contribution is 5.90. The first kappa shape index (κ1) is 13.2. The number of nitrogens with one attached hydrogen (secondary N) is 1. The molecular weight excluding hydrogens is 248 g/mol.